The zero-order chi connectivity index (χ0) is 10.4. The molecule has 2 aromatic rings. The molecule has 1 aromatic carbocycles. The van der Waals surface area contributed by atoms with E-state index in [1.807, 2.05) is 51.1 Å². The third-order valence-electron chi connectivity index (χ3n) is 1.84. The van der Waals surface area contributed by atoms with Crippen molar-refractivity contribution >= 4 is 0 Å². The fourth-order valence-corrected chi connectivity index (χ4v) is 1.19. The second kappa shape index (κ2) is 5.22. The first-order valence-corrected chi connectivity index (χ1v) is 4.84. The molecule has 0 aliphatic carbocycles. The first-order chi connectivity index (χ1) is 6.88. The van der Waals surface area contributed by atoms with Crippen molar-refractivity contribution < 1.29 is 4.52 Å². The average Bonchev–Trinajstić information content (AvgIpc) is 2.69. The highest BCUT2D eigenvalue weighted by Crippen LogP contribution is 2.21. The van der Waals surface area contributed by atoms with E-state index in [-0.39, 0.29) is 0 Å². The third kappa shape index (κ3) is 2.22. The predicted molar refractivity (Wildman–Crippen MR) is 58.0 cm³/mol. The van der Waals surface area contributed by atoms with Gasteiger partial charge in [-0.3, -0.25) is 0 Å². The number of hydrogen-bond acceptors (Lipinski definition) is 2. The second-order valence-electron chi connectivity index (χ2n) is 2.66. The summed E-state index contributed by atoms with van der Waals surface area (Å²) in [6.45, 7) is 5.91. The quantitative estimate of drug-likeness (QED) is 0.684. The summed E-state index contributed by atoms with van der Waals surface area (Å²) in [4.78, 5) is 0. The standard InChI is InChI=1S/C10H9NO.C2H6/c1-8-10(7-11-12-8)9-5-3-2-4-6-9;1-2/h2-7H,1H3;1-2H3. The van der Waals surface area contributed by atoms with Gasteiger partial charge in [0.2, 0.25) is 0 Å². The lowest BCUT2D eigenvalue weighted by atomic mass is 10.1. The molecule has 0 aliphatic heterocycles. The molecule has 0 fully saturated rings. The van der Waals surface area contributed by atoms with Crippen LogP contribution in [0.2, 0.25) is 0 Å². The van der Waals surface area contributed by atoms with Crippen LogP contribution in [0.15, 0.2) is 41.1 Å². The van der Waals surface area contributed by atoms with Gasteiger partial charge in [0.05, 0.1) is 6.20 Å². The molecule has 0 N–H and O–H groups in total. The maximum absolute atomic E-state index is 4.97. The minimum Gasteiger partial charge on any atom is -0.361 e. The Kier molecular flexibility index (Phi) is 3.92. The van der Waals surface area contributed by atoms with E-state index >= 15 is 0 Å². The van der Waals surface area contributed by atoms with E-state index < -0.39 is 0 Å². The summed E-state index contributed by atoms with van der Waals surface area (Å²) in [5.41, 5.74) is 2.21. The Morgan fingerprint density at radius 2 is 1.71 bits per heavy atom. The molecular weight excluding hydrogens is 174 g/mol. The maximum Gasteiger partial charge on any atom is 0.141 e. The minimum absolute atomic E-state index is 0.862. The van der Waals surface area contributed by atoms with Crippen molar-refractivity contribution in [1.82, 2.24) is 5.16 Å². The summed E-state index contributed by atoms with van der Waals surface area (Å²) in [5.74, 6) is 0.862. The van der Waals surface area contributed by atoms with Gasteiger partial charge < -0.3 is 4.52 Å². The zero-order valence-corrected chi connectivity index (χ0v) is 8.82. The summed E-state index contributed by atoms with van der Waals surface area (Å²) in [5, 5.41) is 3.72. The normalized spacial score (nSPS) is 9.07. The summed E-state index contributed by atoms with van der Waals surface area (Å²) < 4.78 is 4.97. The fourth-order valence-electron chi connectivity index (χ4n) is 1.19. The van der Waals surface area contributed by atoms with Crippen LogP contribution in [-0.4, -0.2) is 5.16 Å². The van der Waals surface area contributed by atoms with Crippen LogP contribution in [0, 0.1) is 6.92 Å². The van der Waals surface area contributed by atoms with Crippen LogP contribution in [0.4, 0.5) is 0 Å². The zero-order valence-electron chi connectivity index (χ0n) is 8.82. The molecule has 14 heavy (non-hydrogen) atoms. The summed E-state index contributed by atoms with van der Waals surface area (Å²) >= 11 is 0. The van der Waals surface area contributed by atoms with Crippen LogP contribution in [0.25, 0.3) is 11.1 Å². The topological polar surface area (TPSA) is 26.0 Å². The average molecular weight is 189 g/mol. The van der Waals surface area contributed by atoms with Gasteiger partial charge >= 0.3 is 0 Å². The summed E-state index contributed by atoms with van der Waals surface area (Å²) in [7, 11) is 0. The van der Waals surface area contributed by atoms with Crippen LogP contribution >= 0.6 is 0 Å². The lowest BCUT2D eigenvalue weighted by Crippen LogP contribution is -1.74. The van der Waals surface area contributed by atoms with Crippen LogP contribution < -0.4 is 0 Å². The van der Waals surface area contributed by atoms with E-state index in [0.717, 1.165) is 16.9 Å². The molecular formula is C12H15NO. The summed E-state index contributed by atoms with van der Waals surface area (Å²) in [6.07, 6.45) is 1.74. The molecule has 74 valence electrons. The Balaban J connectivity index is 0.000000461. The number of benzene rings is 1. The highest BCUT2D eigenvalue weighted by atomic mass is 16.5. The Bertz CT molecular complexity index is 365. The molecule has 0 bridgehead atoms. The van der Waals surface area contributed by atoms with E-state index in [9.17, 15) is 0 Å². The molecule has 0 saturated heterocycles. The Morgan fingerprint density at radius 1 is 1.07 bits per heavy atom. The fraction of sp³-hybridized carbons (Fsp3) is 0.250. The number of nitrogens with zero attached hydrogens (tertiary/aromatic N) is 1. The van der Waals surface area contributed by atoms with Gasteiger partial charge in [0.25, 0.3) is 0 Å². The largest absolute Gasteiger partial charge is 0.361 e. The predicted octanol–water partition coefficient (Wildman–Crippen LogP) is 3.68. The lowest BCUT2D eigenvalue weighted by Gasteiger charge is -1.94. The first-order valence-electron chi connectivity index (χ1n) is 4.84. The Labute approximate surface area is 84.6 Å². The van der Waals surface area contributed by atoms with E-state index in [1.165, 1.54) is 0 Å². The van der Waals surface area contributed by atoms with Gasteiger partial charge in [-0.15, -0.1) is 0 Å². The number of hydrogen-bond donors (Lipinski definition) is 0. The van der Waals surface area contributed by atoms with Crippen molar-refractivity contribution in [2.75, 3.05) is 0 Å². The summed E-state index contributed by atoms with van der Waals surface area (Å²) in [6, 6.07) is 10.1. The highest BCUT2D eigenvalue weighted by Gasteiger charge is 2.03. The monoisotopic (exact) mass is 189 g/mol. The molecule has 0 spiro atoms. The maximum atomic E-state index is 4.97. The van der Waals surface area contributed by atoms with E-state index in [1.54, 1.807) is 6.20 Å². The molecule has 1 heterocycles. The molecule has 2 heteroatoms. The molecule has 2 rings (SSSR count). The van der Waals surface area contributed by atoms with Gasteiger partial charge in [-0.25, -0.2) is 0 Å². The van der Waals surface area contributed by atoms with Gasteiger partial charge in [-0.1, -0.05) is 49.3 Å². The van der Waals surface area contributed by atoms with Crippen LogP contribution in [0.5, 0.6) is 0 Å². The van der Waals surface area contributed by atoms with Gasteiger partial charge in [-0.05, 0) is 12.5 Å². The third-order valence-corrected chi connectivity index (χ3v) is 1.84. The molecule has 0 aliphatic rings. The number of aromatic nitrogens is 1. The molecule has 0 saturated carbocycles. The van der Waals surface area contributed by atoms with Crippen molar-refractivity contribution in [2.45, 2.75) is 20.8 Å². The smallest absolute Gasteiger partial charge is 0.141 e. The molecule has 0 atom stereocenters. The van der Waals surface area contributed by atoms with Crippen molar-refractivity contribution in [3.8, 4) is 11.1 Å². The van der Waals surface area contributed by atoms with Crippen molar-refractivity contribution in [3.63, 3.8) is 0 Å². The molecule has 0 radical (unpaired) electrons. The van der Waals surface area contributed by atoms with E-state index in [0.29, 0.717) is 0 Å². The van der Waals surface area contributed by atoms with Crippen molar-refractivity contribution in [1.29, 1.82) is 0 Å². The Morgan fingerprint density at radius 3 is 2.21 bits per heavy atom. The van der Waals surface area contributed by atoms with Crippen LogP contribution in [-0.2, 0) is 0 Å². The minimum atomic E-state index is 0.862. The van der Waals surface area contributed by atoms with Gasteiger partial charge in [0, 0.05) is 5.56 Å². The lowest BCUT2D eigenvalue weighted by molar-refractivity contribution is 0.398. The SMILES string of the molecule is CC.Cc1oncc1-c1ccccc1. The van der Waals surface area contributed by atoms with Crippen LogP contribution in [0.1, 0.15) is 19.6 Å². The van der Waals surface area contributed by atoms with Gasteiger partial charge in [0.15, 0.2) is 0 Å². The Hall–Kier alpha value is -1.57. The van der Waals surface area contributed by atoms with Gasteiger partial charge in [0.1, 0.15) is 5.76 Å². The number of aryl methyl sites for hydroxylation is 1. The second-order valence-corrected chi connectivity index (χ2v) is 2.66. The molecule has 0 unspecified atom stereocenters. The van der Waals surface area contributed by atoms with Gasteiger partial charge in [-0.2, -0.15) is 0 Å². The molecule has 0 amide bonds. The highest BCUT2D eigenvalue weighted by molar-refractivity contribution is 5.63. The van der Waals surface area contributed by atoms with E-state index in [4.69, 9.17) is 4.52 Å². The van der Waals surface area contributed by atoms with Crippen molar-refractivity contribution in [2.24, 2.45) is 0 Å². The number of rotatable bonds is 1. The molecule has 1 aromatic heterocycles. The first kappa shape index (κ1) is 10.5. The van der Waals surface area contributed by atoms with Crippen molar-refractivity contribution in [3.05, 3.63) is 42.3 Å². The van der Waals surface area contributed by atoms with E-state index in [2.05, 4.69) is 5.16 Å². The van der Waals surface area contributed by atoms with Crippen LogP contribution in [0.3, 0.4) is 0 Å². The molecule has 2 nitrogen and oxygen atoms in total.